The zero-order valence-corrected chi connectivity index (χ0v) is 16.8. The molecule has 1 aromatic heterocycles. The lowest BCUT2D eigenvalue weighted by atomic mass is 9.84. The van der Waals surface area contributed by atoms with Gasteiger partial charge in [0.2, 0.25) is 5.28 Å². The fraction of sp³-hybridized carbons (Fsp3) is 0.700. The van der Waals surface area contributed by atoms with Crippen LogP contribution in [0.2, 0.25) is 5.28 Å². The Kier molecular flexibility index (Phi) is 6.95. The highest BCUT2D eigenvalue weighted by atomic mass is 35.5. The van der Waals surface area contributed by atoms with E-state index in [1.807, 2.05) is 13.0 Å². The monoisotopic (exact) mass is 395 g/mol. The maximum absolute atomic E-state index is 11.3. The van der Waals surface area contributed by atoms with Crippen LogP contribution in [0.1, 0.15) is 63.1 Å². The molecular formula is C20H30ClN3O3. The molecule has 0 unspecified atom stereocenters. The lowest BCUT2D eigenvalue weighted by molar-refractivity contribution is -0.00260. The lowest BCUT2D eigenvalue weighted by Gasteiger charge is -2.34. The Labute approximate surface area is 166 Å². The van der Waals surface area contributed by atoms with Gasteiger partial charge in [-0.25, -0.2) is 9.97 Å². The number of anilines is 1. The number of ether oxygens (including phenoxy) is 1. The Morgan fingerprint density at radius 2 is 1.93 bits per heavy atom. The van der Waals surface area contributed by atoms with Crippen LogP contribution in [0.4, 0.5) is 5.82 Å². The van der Waals surface area contributed by atoms with Gasteiger partial charge in [0.1, 0.15) is 17.2 Å². The summed E-state index contributed by atoms with van der Waals surface area (Å²) in [6.45, 7) is 4.03. The van der Waals surface area contributed by atoms with Gasteiger partial charge in [-0.2, -0.15) is 0 Å². The topological polar surface area (TPSA) is 78.7 Å². The normalized spacial score (nSPS) is 23.7. The van der Waals surface area contributed by atoms with E-state index in [1.165, 1.54) is 12.8 Å². The van der Waals surface area contributed by atoms with Crippen LogP contribution in [0.25, 0.3) is 0 Å². The molecule has 1 atom stereocenters. The van der Waals surface area contributed by atoms with Gasteiger partial charge < -0.3 is 19.8 Å². The molecule has 0 saturated carbocycles. The summed E-state index contributed by atoms with van der Waals surface area (Å²) in [6, 6.07) is 0. The molecule has 0 amide bonds. The average Bonchev–Trinajstić information content (AvgIpc) is 2.93. The fourth-order valence-corrected chi connectivity index (χ4v) is 4.26. The third-order valence-electron chi connectivity index (χ3n) is 5.45. The highest BCUT2D eigenvalue weighted by Crippen LogP contribution is 2.35. The Bertz CT molecular complexity index is 675. The Hall–Kier alpha value is -1.37. The number of nitrogens with zero attached hydrogens (tertiary/aromatic N) is 3. The maximum Gasteiger partial charge on any atom is 0.224 e. The highest BCUT2D eigenvalue weighted by Gasteiger charge is 2.37. The molecule has 0 aromatic carbocycles. The van der Waals surface area contributed by atoms with Crippen molar-refractivity contribution >= 4 is 17.4 Å². The van der Waals surface area contributed by atoms with E-state index in [2.05, 4.69) is 14.9 Å². The van der Waals surface area contributed by atoms with Gasteiger partial charge in [0, 0.05) is 25.1 Å². The van der Waals surface area contributed by atoms with Gasteiger partial charge in [-0.15, -0.1) is 0 Å². The number of rotatable bonds is 6. The van der Waals surface area contributed by atoms with Crippen LogP contribution in [0.3, 0.4) is 0 Å². The van der Waals surface area contributed by atoms with Gasteiger partial charge in [0.05, 0.1) is 18.9 Å². The molecule has 2 heterocycles. The molecule has 7 heteroatoms. The minimum absolute atomic E-state index is 0.155. The largest absolute Gasteiger partial charge is 0.495 e. The molecule has 1 fully saturated rings. The molecule has 1 saturated heterocycles. The minimum atomic E-state index is -1.12. The van der Waals surface area contributed by atoms with Crippen LogP contribution in [0, 0.1) is 0 Å². The molecule has 1 aromatic rings. The zero-order chi connectivity index (χ0) is 19.3. The third kappa shape index (κ3) is 4.73. The van der Waals surface area contributed by atoms with Crippen molar-refractivity contribution in [3.63, 3.8) is 0 Å². The van der Waals surface area contributed by atoms with Crippen molar-refractivity contribution in [2.24, 2.45) is 0 Å². The predicted octanol–water partition coefficient (Wildman–Crippen LogP) is 3.38. The van der Waals surface area contributed by atoms with E-state index in [-0.39, 0.29) is 18.3 Å². The van der Waals surface area contributed by atoms with E-state index in [4.69, 9.17) is 16.3 Å². The van der Waals surface area contributed by atoms with Gasteiger partial charge in [-0.1, -0.05) is 12.8 Å². The lowest BCUT2D eigenvalue weighted by Crippen LogP contribution is -2.38. The van der Waals surface area contributed by atoms with E-state index in [0.717, 1.165) is 38.8 Å². The summed E-state index contributed by atoms with van der Waals surface area (Å²) in [7, 11) is 0. The van der Waals surface area contributed by atoms with E-state index in [9.17, 15) is 10.2 Å². The van der Waals surface area contributed by atoms with Crippen LogP contribution in [0.15, 0.2) is 11.8 Å². The summed E-state index contributed by atoms with van der Waals surface area (Å²) >= 11 is 6.24. The number of aliphatic hydroxyl groups is 2. The van der Waals surface area contributed by atoms with E-state index >= 15 is 0 Å². The molecule has 1 aliphatic heterocycles. The second-order valence-corrected chi connectivity index (χ2v) is 7.74. The van der Waals surface area contributed by atoms with Crippen molar-refractivity contribution in [3.05, 3.63) is 28.4 Å². The van der Waals surface area contributed by atoms with Crippen LogP contribution in [-0.4, -0.2) is 45.5 Å². The van der Waals surface area contributed by atoms with Gasteiger partial charge in [-0.05, 0) is 56.7 Å². The van der Waals surface area contributed by atoms with Crippen LogP contribution in [0.5, 0.6) is 0 Å². The summed E-state index contributed by atoms with van der Waals surface area (Å²) < 4.78 is 5.70. The first-order chi connectivity index (χ1) is 13.1. The van der Waals surface area contributed by atoms with Crippen molar-refractivity contribution in [3.8, 4) is 0 Å². The van der Waals surface area contributed by atoms with Crippen LogP contribution >= 0.6 is 11.6 Å². The number of hydrogen-bond donors (Lipinski definition) is 2. The summed E-state index contributed by atoms with van der Waals surface area (Å²) in [4.78, 5) is 11.0. The van der Waals surface area contributed by atoms with Crippen LogP contribution < -0.4 is 4.90 Å². The summed E-state index contributed by atoms with van der Waals surface area (Å²) in [5.41, 5.74) is 0.147. The first-order valence-corrected chi connectivity index (χ1v) is 10.4. The SMILES string of the molecule is CCOC1=CCCC[C@]1(O)Cc1nc(Cl)nc(N2CCCCCC2)c1CO. The molecule has 2 N–H and O–H groups in total. The number of hydrogen-bond acceptors (Lipinski definition) is 6. The molecule has 150 valence electrons. The van der Waals surface area contributed by atoms with E-state index in [1.54, 1.807) is 0 Å². The molecule has 0 radical (unpaired) electrons. The van der Waals surface area contributed by atoms with Crippen molar-refractivity contribution < 1.29 is 14.9 Å². The molecular weight excluding hydrogens is 366 g/mol. The quantitative estimate of drug-likeness (QED) is 0.719. The molecule has 27 heavy (non-hydrogen) atoms. The number of allylic oxidation sites excluding steroid dienone is 1. The Balaban J connectivity index is 1.95. The highest BCUT2D eigenvalue weighted by molar-refractivity contribution is 6.28. The van der Waals surface area contributed by atoms with Gasteiger partial charge in [-0.3, -0.25) is 0 Å². The number of aliphatic hydroxyl groups excluding tert-OH is 1. The summed E-state index contributed by atoms with van der Waals surface area (Å²) in [5.74, 6) is 1.31. The third-order valence-corrected chi connectivity index (χ3v) is 5.62. The van der Waals surface area contributed by atoms with E-state index < -0.39 is 5.60 Å². The summed E-state index contributed by atoms with van der Waals surface area (Å²) in [6.07, 6.45) is 9.23. The molecule has 0 bridgehead atoms. The fourth-order valence-electron chi connectivity index (χ4n) is 4.08. The van der Waals surface area contributed by atoms with Crippen LogP contribution in [-0.2, 0) is 17.8 Å². The first kappa shape index (κ1) is 20.4. The molecule has 6 nitrogen and oxygen atoms in total. The Morgan fingerprint density at radius 1 is 1.19 bits per heavy atom. The van der Waals surface area contributed by atoms with Crippen molar-refractivity contribution in [1.82, 2.24) is 9.97 Å². The van der Waals surface area contributed by atoms with Gasteiger partial charge in [0.15, 0.2) is 0 Å². The second-order valence-electron chi connectivity index (χ2n) is 7.40. The predicted molar refractivity (Wildman–Crippen MR) is 106 cm³/mol. The Morgan fingerprint density at radius 3 is 2.59 bits per heavy atom. The number of halogens is 1. The summed E-state index contributed by atoms with van der Waals surface area (Å²) in [5, 5.41) is 21.5. The smallest absolute Gasteiger partial charge is 0.224 e. The molecule has 2 aliphatic rings. The molecule has 0 spiro atoms. The standard InChI is InChI=1S/C20H30ClN3O3/c1-2-27-17-9-5-6-10-20(17,26)13-16-15(14-25)18(23-19(21)22-16)24-11-7-3-4-8-12-24/h9,25-26H,2-8,10-14H2,1H3/t20-/m0/s1. The average molecular weight is 396 g/mol. The maximum atomic E-state index is 11.3. The zero-order valence-electron chi connectivity index (χ0n) is 16.1. The van der Waals surface area contributed by atoms with Crippen molar-refractivity contribution in [2.75, 3.05) is 24.6 Å². The van der Waals surface area contributed by atoms with Crippen molar-refractivity contribution in [2.45, 2.75) is 70.5 Å². The van der Waals surface area contributed by atoms with Crippen molar-refractivity contribution in [1.29, 1.82) is 0 Å². The second kappa shape index (κ2) is 9.22. The van der Waals surface area contributed by atoms with E-state index in [0.29, 0.717) is 35.9 Å². The van der Waals surface area contributed by atoms with Gasteiger partial charge >= 0.3 is 0 Å². The molecule has 1 aliphatic carbocycles. The molecule has 3 rings (SSSR count). The first-order valence-electron chi connectivity index (χ1n) is 10.0. The number of aromatic nitrogens is 2. The minimum Gasteiger partial charge on any atom is -0.495 e. The van der Waals surface area contributed by atoms with Gasteiger partial charge in [0.25, 0.3) is 0 Å².